The van der Waals surface area contributed by atoms with Gasteiger partial charge in [0, 0.05) is 0 Å². The number of methoxy groups -OCH3 is 3. The first-order chi connectivity index (χ1) is 19.1. The molecule has 0 saturated carbocycles. The predicted octanol–water partition coefficient (Wildman–Crippen LogP) is 7.43. The van der Waals surface area contributed by atoms with Gasteiger partial charge in [0.25, 0.3) is 0 Å². The van der Waals surface area contributed by atoms with Gasteiger partial charge in [0.2, 0.25) is 0 Å². The Morgan fingerprint density at radius 3 is 1.92 bits per heavy atom. The van der Waals surface area contributed by atoms with Crippen LogP contribution in [0.5, 0.6) is 23.0 Å². The molecule has 0 amide bonds. The molecule has 5 aromatic rings. The molecular weight excluding hydrogens is 621 g/mol. The van der Waals surface area contributed by atoms with Gasteiger partial charge in [0.15, 0.2) is 0 Å². The fourth-order valence-corrected chi connectivity index (χ4v) is 7.13. The molecule has 5 nitrogen and oxygen atoms in total. The molecule has 5 rings (SSSR count). The predicted molar refractivity (Wildman–Crippen MR) is 159 cm³/mol. The molecule has 0 unspecified atom stereocenters. The molecule has 0 spiro atoms. The van der Waals surface area contributed by atoms with E-state index in [1.807, 2.05) is 42.5 Å². The van der Waals surface area contributed by atoms with Crippen molar-refractivity contribution in [3.8, 4) is 44.3 Å². The van der Waals surface area contributed by atoms with E-state index >= 15 is 0 Å². The number of hydrogen-bond acceptors (Lipinski definition) is 5. The molecule has 0 saturated heterocycles. The molecule has 1 heterocycles. The van der Waals surface area contributed by atoms with E-state index in [0.717, 1.165) is 48.0 Å². The third-order valence-corrected chi connectivity index (χ3v) is 9.18. The van der Waals surface area contributed by atoms with Crippen LogP contribution in [0.25, 0.3) is 21.3 Å². The second-order valence-corrected chi connectivity index (χ2v) is 11.9. The van der Waals surface area contributed by atoms with Gasteiger partial charge < -0.3 is 0 Å². The molecule has 0 aliphatic rings. The summed E-state index contributed by atoms with van der Waals surface area (Å²) in [6, 6.07) is 30.8. The van der Waals surface area contributed by atoms with Crippen molar-refractivity contribution in [1.82, 2.24) is 4.98 Å². The Morgan fingerprint density at radius 2 is 1.33 bits per heavy atom. The number of benzene rings is 4. The SMILES string of the molecule is COc1cc(-c2[se]c(Cc3ccccc3)nc2-c2ccc(OCc3ccccc3)c(Br)c2)cc(OC)c1OC. The third-order valence-electron chi connectivity index (χ3n) is 6.24. The van der Waals surface area contributed by atoms with Crippen LogP contribution in [0, 0.1) is 0 Å². The maximum absolute atomic E-state index is 6.10. The minimum absolute atomic E-state index is 0.00471. The van der Waals surface area contributed by atoms with E-state index in [2.05, 4.69) is 64.5 Å². The monoisotopic (exact) mass is 649 g/mol. The average molecular weight is 649 g/mol. The summed E-state index contributed by atoms with van der Waals surface area (Å²) in [5.74, 6) is 2.60. The number of nitrogens with zero attached hydrogens (tertiary/aromatic N) is 1. The summed E-state index contributed by atoms with van der Waals surface area (Å²) < 4.78 is 26.2. The summed E-state index contributed by atoms with van der Waals surface area (Å²) in [6.45, 7) is 0.501. The molecular formula is C32H28BrNO4Se. The van der Waals surface area contributed by atoms with Gasteiger partial charge in [-0.3, -0.25) is 0 Å². The normalized spacial score (nSPS) is 10.8. The minimum atomic E-state index is 0.00471. The van der Waals surface area contributed by atoms with Crippen LogP contribution in [0.3, 0.4) is 0 Å². The molecule has 0 fully saturated rings. The summed E-state index contributed by atoms with van der Waals surface area (Å²) in [5, 5.41) is 0. The van der Waals surface area contributed by atoms with Gasteiger partial charge in [-0.1, -0.05) is 0 Å². The average Bonchev–Trinajstić information content (AvgIpc) is 3.40. The number of hydrogen-bond donors (Lipinski definition) is 0. The number of ether oxygens (including phenoxy) is 4. The first kappa shape index (κ1) is 27.1. The topological polar surface area (TPSA) is 49.8 Å². The number of rotatable bonds is 10. The Labute approximate surface area is 243 Å². The van der Waals surface area contributed by atoms with Crippen molar-refractivity contribution in [2.45, 2.75) is 13.0 Å². The van der Waals surface area contributed by atoms with Gasteiger partial charge in [-0.2, -0.15) is 0 Å². The van der Waals surface area contributed by atoms with E-state index in [1.165, 1.54) is 5.56 Å². The molecule has 198 valence electrons. The van der Waals surface area contributed by atoms with Gasteiger partial charge in [-0.25, -0.2) is 0 Å². The molecule has 0 radical (unpaired) electrons. The second-order valence-electron chi connectivity index (χ2n) is 8.78. The molecule has 0 N–H and O–H groups in total. The molecule has 4 aromatic carbocycles. The molecule has 0 aliphatic heterocycles. The Bertz CT molecular complexity index is 1530. The summed E-state index contributed by atoms with van der Waals surface area (Å²) in [5.41, 5.74) is 5.34. The van der Waals surface area contributed by atoms with Crippen LogP contribution in [0.2, 0.25) is 0 Å². The number of halogens is 1. The number of aromatic nitrogens is 1. The Morgan fingerprint density at radius 1 is 0.692 bits per heavy atom. The molecule has 39 heavy (non-hydrogen) atoms. The van der Waals surface area contributed by atoms with E-state index < -0.39 is 0 Å². The quantitative estimate of drug-likeness (QED) is 0.147. The van der Waals surface area contributed by atoms with Crippen molar-refractivity contribution in [2.75, 3.05) is 21.3 Å². The molecule has 0 atom stereocenters. The van der Waals surface area contributed by atoms with Gasteiger partial charge in [-0.15, -0.1) is 0 Å². The van der Waals surface area contributed by atoms with E-state index in [4.69, 9.17) is 23.9 Å². The molecule has 1 aromatic heterocycles. The van der Waals surface area contributed by atoms with Crippen LogP contribution in [0.1, 0.15) is 15.7 Å². The fraction of sp³-hybridized carbons (Fsp3) is 0.156. The summed E-state index contributed by atoms with van der Waals surface area (Å²) in [7, 11) is 4.89. The molecule has 7 heteroatoms. The van der Waals surface area contributed by atoms with Crippen LogP contribution >= 0.6 is 15.9 Å². The van der Waals surface area contributed by atoms with Crippen molar-refractivity contribution in [3.63, 3.8) is 0 Å². The van der Waals surface area contributed by atoms with Crippen molar-refractivity contribution in [1.29, 1.82) is 0 Å². The first-order valence-corrected chi connectivity index (χ1v) is 14.9. The van der Waals surface area contributed by atoms with E-state index in [-0.39, 0.29) is 14.5 Å². The summed E-state index contributed by atoms with van der Waals surface area (Å²) >= 11 is 3.73. The molecule has 0 aliphatic carbocycles. The first-order valence-electron chi connectivity index (χ1n) is 12.4. The zero-order valence-corrected chi connectivity index (χ0v) is 25.2. The van der Waals surface area contributed by atoms with Gasteiger partial charge in [0.1, 0.15) is 0 Å². The fourth-order valence-electron chi connectivity index (χ4n) is 4.31. The van der Waals surface area contributed by atoms with Crippen LogP contribution in [-0.4, -0.2) is 40.8 Å². The Balaban J connectivity index is 1.55. The van der Waals surface area contributed by atoms with Crippen LogP contribution in [0.15, 0.2) is 95.5 Å². The Kier molecular flexibility index (Phi) is 8.72. The van der Waals surface area contributed by atoms with Crippen molar-refractivity contribution >= 4 is 30.4 Å². The zero-order valence-electron chi connectivity index (χ0n) is 21.9. The second kappa shape index (κ2) is 12.6. The standard InChI is InChI=1S/C32H28BrNO4Se/c1-35-27-18-24(19-28(36-2)31(27)37-3)32-30(34-29(39-32)16-21-10-6-4-7-11-21)23-14-15-26(25(33)17-23)38-20-22-12-8-5-9-13-22/h4-15,17-19H,16,20H2,1-3H3. The van der Waals surface area contributed by atoms with E-state index in [9.17, 15) is 0 Å². The van der Waals surface area contributed by atoms with Crippen molar-refractivity contribution in [3.05, 3.63) is 111 Å². The van der Waals surface area contributed by atoms with Crippen molar-refractivity contribution < 1.29 is 18.9 Å². The van der Waals surface area contributed by atoms with E-state index in [1.54, 1.807) is 21.3 Å². The zero-order chi connectivity index (χ0) is 27.2. The third kappa shape index (κ3) is 6.22. The van der Waals surface area contributed by atoms with Crippen LogP contribution in [-0.2, 0) is 13.0 Å². The van der Waals surface area contributed by atoms with Gasteiger partial charge >= 0.3 is 244 Å². The summed E-state index contributed by atoms with van der Waals surface area (Å²) in [6.07, 6.45) is 0.803. The Hall–Kier alpha value is -3.51. The van der Waals surface area contributed by atoms with Gasteiger partial charge in [-0.05, 0) is 0 Å². The van der Waals surface area contributed by atoms with Gasteiger partial charge in [0.05, 0.1) is 0 Å². The van der Waals surface area contributed by atoms with Crippen molar-refractivity contribution in [2.24, 2.45) is 0 Å². The van der Waals surface area contributed by atoms with Crippen LogP contribution in [0.4, 0.5) is 0 Å². The molecule has 0 bridgehead atoms. The summed E-state index contributed by atoms with van der Waals surface area (Å²) in [4.78, 5) is 5.18. The van der Waals surface area contributed by atoms with Crippen LogP contribution < -0.4 is 18.9 Å². The maximum atomic E-state index is 6.10. The van der Waals surface area contributed by atoms with E-state index in [0.29, 0.717) is 23.9 Å².